The van der Waals surface area contributed by atoms with Crippen LogP contribution in [0.2, 0.25) is 0 Å². The molecule has 0 spiro atoms. The molecule has 3 aromatic carbocycles. The van der Waals surface area contributed by atoms with Crippen molar-refractivity contribution in [3.8, 4) is 0 Å². The van der Waals surface area contributed by atoms with Gasteiger partial charge < -0.3 is 17.8 Å². The van der Waals surface area contributed by atoms with Crippen molar-refractivity contribution < 1.29 is 22.4 Å². The number of aliphatic hydroxyl groups is 1. The van der Waals surface area contributed by atoms with E-state index in [1.54, 1.807) is 0 Å². The van der Waals surface area contributed by atoms with Crippen LogP contribution in [0, 0.1) is 7.43 Å². The standard InChI is InChI=1S/C21H20NO.CH3.ClH.Ru/c23-21(19-14-8-3-9-15-19)20(18-12-6-2-7-13-18)22-16-17-10-4-1-5-11-17;;;/h1-15,20-21,23H,16H2;1H3;1H;/q2*-1;;+3/p-1/t20-,21-;;;/m0.../s1. The molecule has 4 heteroatoms. The molecule has 0 radical (unpaired) electrons. The molecule has 3 aromatic rings. The summed E-state index contributed by atoms with van der Waals surface area (Å²) in [6, 6.07) is 29.6. The summed E-state index contributed by atoms with van der Waals surface area (Å²) in [5.41, 5.74) is 3.06. The van der Waals surface area contributed by atoms with Crippen molar-refractivity contribution in [1.29, 1.82) is 0 Å². The number of rotatable bonds is 6. The first kappa shape index (κ1) is 22.5. The molecule has 0 aliphatic carbocycles. The summed E-state index contributed by atoms with van der Waals surface area (Å²) in [5, 5.41) is 15.6. The molecule has 0 amide bonds. The van der Waals surface area contributed by atoms with Crippen molar-refractivity contribution in [3.05, 3.63) is 120 Å². The van der Waals surface area contributed by atoms with E-state index in [4.69, 9.17) is 5.32 Å². The number of nitrogens with zero attached hydrogens (tertiary/aromatic N) is 1. The predicted octanol–water partition coefficient (Wildman–Crippen LogP) is 6.17. The topological polar surface area (TPSA) is 34.3 Å². The maximum absolute atomic E-state index is 10.8. The number of hydrogen-bond donors (Lipinski definition) is 1. The molecule has 0 saturated heterocycles. The maximum atomic E-state index is 10.8. The van der Waals surface area contributed by atoms with Gasteiger partial charge in [-0.15, -0.1) is 6.54 Å². The summed E-state index contributed by atoms with van der Waals surface area (Å²) >= 11 is 1.82. The van der Waals surface area contributed by atoms with Crippen LogP contribution in [0.3, 0.4) is 0 Å². The first-order chi connectivity index (χ1) is 12.3. The fourth-order valence-electron chi connectivity index (χ4n) is 2.66. The van der Waals surface area contributed by atoms with Crippen LogP contribution in [-0.4, -0.2) is 5.11 Å². The zero-order valence-corrected chi connectivity index (χ0v) is 17.1. The third-order valence-corrected chi connectivity index (χ3v) is 3.89. The van der Waals surface area contributed by atoms with Gasteiger partial charge in [0, 0.05) is 0 Å². The fourth-order valence-corrected chi connectivity index (χ4v) is 2.66. The Bertz CT molecular complexity index is 710. The molecule has 0 aliphatic rings. The summed E-state index contributed by atoms with van der Waals surface area (Å²) in [6.45, 7) is 0.588. The van der Waals surface area contributed by atoms with E-state index in [-0.39, 0.29) is 13.5 Å². The molecule has 0 heterocycles. The second kappa shape index (κ2) is 12.8. The van der Waals surface area contributed by atoms with Gasteiger partial charge >= 0.3 is 27.0 Å². The molecular weight excluding hydrogens is 431 g/mol. The minimum atomic E-state index is -0.651. The van der Waals surface area contributed by atoms with Crippen molar-refractivity contribution >= 4 is 9.69 Å². The van der Waals surface area contributed by atoms with Crippen LogP contribution in [0.4, 0.5) is 0 Å². The van der Waals surface area contributed by atoms with Gasteiger partial charge in [-0.2, -0.15) is 0 Å². The third kappa shape index (κ3) is 6.66. The van der Waals surface area contributed by atoms with Gasteiger partial charge in [-0.25, -0.2) is 0 Å². The molecule has 0 bridgehead atoms. The monoisotopic (exact) mass is 454 g/mol. The van der Waals surface area contributed by atoms with E-state index in [1.807, 2.05) is 96.2 Å². The van der Waals surface area contributed by atoms with Crippen molar-refractivity contribution in [2.24, 2.45) is 0 Å². The molecule has 0 aromatic heterocycles. The molecule has 1 N–H and O–H groups in total. The Morgan fingerprint density at radius 1 is 0.731 bits per heavy atom. The van der Waals surface area contributed by atoms with E-state index in [0.29, 0.717) is 6.54 Å². The summed E-state index contributed by atoms with van der Waals surface area (Å²) in [4.78, 5) is 0. The summed E-state index contributed by atoms with van der Waals surface area (Å²) in [7, 11) is 4.57. The molecule has 2 atom stereocenters. The summed E-state index contributed by atoms with van der Waals surface area (Å²) < 4.78 is 0. The van der Waals surface area contributed by atoms with Crippen LogP contribution in [0.15, 0.2) is 91.0 Å². The van der Waals surface area contributed by atoms with Crippen LogP contribution >= 0.6 is 9.69 Å². The van der Waals surface area contributed by atoms with Gasteiger partial charge in [0.05, 0.1) is 6.10 Å². The predicted molar refractivity (Wildman–Crippen MR) is 106 cm³/mol. The van der Waals surface area contributed by atoms with E-state index < -0.39 is 6.10 Å². The van der Waals surface area contributed by atoms with Crippen LogP contribution in [0.1, 0.15) is 28.8 Å². The summed E-state index contributed by atoms with van der Waals surface area (Å²) in [6.07, 6.45) is -0.651. The van der Waals surface area contributed by atoms with Crippen LogP contribution in [0.5, 0.6) is 0 Å². The number of aliphatic hydroxyl groups excluding tert-OH is 1. The number of benzene rings is 3. The van der Waals surface area contributed by atoms with Gasteiger partial charge in [-0.05, 0) is 5.56 Å². The first-order valence-electron chi connectivity index (χ1n) is 7.96. The Hall–Kier alpha value is -1.51. The van der Waals surface area contributed by atoms with Gasteiger partial charge in [0.25, 0.3) is 0 Å². The molecular formula is C22H23ClNORu. The second-order valence-electron chi connectivity index (χ2n) is 5.54. The Balaban J connectivity index is 0.00000109. The van der Waals surface area contributed by atoms with Crippen molar-refractivity contribution in [2.45, 2.75) is 18.7 Å². The van der Waals surface area contributed by atoms with Gasteiger partial charge in [0.1, 0.15) is 0 Å². The van der Waals surface area contributed by atoms with E-state index in [9.17, 15) is 5.11 Å². The SMILES string of the molecule is O[C@@H](c1ccccc1)[C@@H]([N-]Cc1ccccc1)c1ccccc1.[CH3-].[Cl][Ru+2]. The van der Waals surface area contributed by atoms with E-state index in [0.717, 1.165) is 16.7 Å². The zero-order valence-electron chi connectivity index (χ0n) is 14.6. The van der Waals surface area contributed by atoms with E-state index in [2.05, 4.69) is 21.8 Å². The zero-order chi connectivity index (χ0) is 17.9. The third-order valence-electron chi connectivity index (χ3n) is 3.89. The van der Waals surface area contributed by atoms with E-state index >= 15 is 0 Å². The van der Waals surface area contributed by atoms with Gasteiger partial charge in [0.15, 0.2) is 0 Å². The van der Waals surface area contributed by atoms with Gasteiger partial charge in [0.2, 0.25) is 0 Å². The van der Waals surface area contributed by atoms with Gasteiger partial charge in [-0.1, -0.05) is 108 Å². The van der Waals surface area contributed by atoms with Crippen molar-refractivity contribution in [3.63, 3.8) is 0 Å². The molecule has 0 fully saturated rings. The molecule has 0 saturated carbocycles. The Morgan fingerprint density at radius 2 is 1.15 bits per heavy atom. The van der Waals surface area contributed by atoms with Crippen LogP contribution in [-0.2, 0) is 23.9 Å². The first-order valence-corrected chi connectivity index (χ1v) is 10.2. The van der Waals surface area contributed by atoms with Gasteiger partial charge in [-0.3, -0.25) is 0 Å². The Labute approximate surface area is 171 Å². The van der Waals surface area contributed by atoms with Crippen LogP contribution < -0.4 is 0 Å². The average Bonchev–Trinajstić information content (AvgIpc) is 2.72. The normalized spacial score (nSPS) is 12.1. The molecule has 0 unspecified atom stereocenters. The summed E-state index contributed by atoms with van der Waals surface area (Å²) in [5.74, 6) is 0. The quantitative estimate of drug-likeness (QED) is 0.351. The molecule has 26 heavy (non-hydrogen) atoms. The number of halogens is 1. The number of hydrogen-bond acceptors (Lipinski definition) is 1. The van der Waals surface area contributed by atoms with Crippen molar-refractivity contribution in [2.75, 3.05) is 0 Å². The molecule has 137 valence electrons. The Morgan fingerprint density at radius 3 is 1.65 bits per heavy atom. The molecule has 0 aliphatic heterocycles. The van der Waals surface area contributed by atoms with Crippen LogP contribution in [0.25, 0.3) is 5.32 Å². The minimum absolute atomic E-state index is 0. The average molecular weight is 454 g/mol. The van der Waals surface area contributed by atoms with E-state index in [1.165, 1.54) is 0 Å². The second-order valence-corrected chi connectivity index (χ2v) is 5.54. The van der Waals surface area contributed by atoms with Crippen molar-refractivity contribution in [1.82, 2.24) is 0 Å². The Kier molecular flexibility index (Phi) is 11.1. The fraction of sp³-hybridized carbons (Fsp3) is 0.136. The molecule has 3 rings (SSSR count). The molecule has 2 nitrogen and oxygen atoms in total.